The highest BCUT2D eigenvalue weighted by molar-refractivity contribution is 6.00. The maximum absolute atomic E-state index is 12.5. The number of ketones is 1. The molecule has 0 amide bonds. The van der Waals surface area contributed by atoms with Crippen LogP contribution in [0.1, 0.15) is 49.1 Å². The topological polar surface area (TPSA) is 79.7 Å². The molecular weight excluding hydrogens is 348 g/mol. The summed E-state index contributed by atoms with van der Waals surface area (Å²) >= 11 is 0. The highest BCUT2D eigenvalue weighted by Crippen LogP contribution is 2.37. The lowest BCUT2D eigenvalue weighted by Gasteiger charge is -2.28. The molecule has 0 saturated carbocycles. The van der Waals surface area contributed by atoms with Crippen molar-refractivity contribution >= 4 is 22.7 Å². The van der Waals surface area contributed by atoms with Crippen molar-refractivity contribution in [1.82, 2.24) is 9.78 Å². The summed E-state index contributed by atoms with van der Waals surface area (Å²) in [5.74, 6) is -1.50. The minimum Gasteiger partial charge on any atom is -0.468 e. The fourth-order valence-electron chi connectivity index (χ4n) is 4.04. The summed E-state index contributed by atoms with van der Waals surface area (Å²) in [4.78, 5) is 24.2. The predicted octanol–water partition coefficient (Wildman–Crippen LogP) is 2.86. The van der Waals surface area contributed by atoms with Crippen molar-refractivity contribution in [1.29, 1.82) is 0 Å². The Labute approximate surface area is 157 Å². The van der Waals surface area contributed by atoms with E-state index >= 15 is 0 Å². The lowest BCUT2D eigenvalue weighted by Crippen LogP contribution is -2.36. The van der Waals surface area contributed by atoms with Crippen LogP contribution >= 0.6 is 0 Å². The molecule has 0 spiro atoms. The minimum atomic E-state index is -0.830. The normalized spacial score (nSPS) is 26.3. The molecule has 2 fully saturated rings. The smallest absolute Gasteiger partial charge is 0.318 e. The Balaban J connectivity index is 1.66. The number of aromatic nitrogens is 2. The quantitative estimate of drug-likeness (QED) is 0.609. The van der Waals surface area contributed by atoms with E-state index in [0.717, 1.165) is 47.9 Å². The molecule has 0 aliphatic carbocycles. The van der Waals surface area contributed by atoms with Gasteiger partial charge in [-0.2, -0.15) is 5.10 Å². The number of hydrogen-bond acceptors (Lipinski definition) is 6. The molecule has 2 saturated heterocycles. The molecule has 3 atom stereocenters. The molecule has 4 rings (SSSR count). The second-order valence-corrected chi connectivity index (χ2v) is 7.21. The van der Waals surface area contributed by atoms with Crippen LogP contribution in [0.15, 0.2) is 18.3 Å². The third-order valence-corrected chi connectivity index (χ3v) is 5.52. The van der Waals surface area contributed by atoms with E-state index in [1.165, 1.54) is 7.11 Å². The second-order valence-electron chi connectivity index (χ2n) is 7.21. The SMILES string of the molecule is COC(=O)C1COC(c2c(C)ccc3c2cnn3C2CCCCO2)CC1=O. The van der Waals surface area contributed by atoms with Crippen molar-refractivity contribution in [2.24, 2.45) is 5.92 Å². The van der Waals surface area contributed by atoms with Crippen LogP contribution in [0.25, 0.3) is 10.9 Å². The molecule has 0 N–H and O–H groups in total. The Kier molecular flexibility index (Phi) is 4.97. The van der Waals surface area contributed by atoms with Crippen LogP contribution in [0.4, 0.5) is 0 Å². The molecule has 7 nitrogen and oxygen atoms in total. The largest absolute Gasteiger partial charge is 0.468 e. The molecular formula is C20H24N2O5. The number of rotatable bonds is 3. The number of ether oxygens (including phenoxy) is 3. The molecule has 144 valence electrons. The molecule has 0 bridgehead atoms. The van der Waals surface area contributed by atoms with Gasteiger partial charge in [0.1, 0.15) is 5.92 Å². The number of benzene rings is 1. The first-order chi connectivity index (χ1) is 13.1. The minimum absolute atomic E-state index is 0.0475. The number of aryl methyl sites for hydroxylation is 1. The molecule has 2 aromatic rings. The number of Topliss-reactive ketones (excluding diaryl/α,β-unsaturated/α-hetero) is 1. The van der Waals surface area contributed by atoms with Gasteiger partial charge in [0.15, 0.2) is 12.0 Å². The highest BCUT2D eigenvalue weighted by Gasteiger charge is 2.37. The molecule has 27 heavy (non-hydrogen) atoms. The van der Waals surface area contributed by atoms with Gasteiger partial charge in [-0.25, -0.2) is 4.68 Å². The van der Waals surface area contributed by atoms with E-state index in [-0.39, 0.29) is 31.1 Å². The van der Waals surface area contributed by atoms with Gasteiger partial charge in [0.05, 0.1) is 31.5 Å². The van der Waals surface area contributed by atoms with Crippen molar-refractivity contribution in [3.63, 3.8) is 0 Å². The number of methoxy groups -OCH3 is 1. The highest BCUT2D eigenvalue weighted by atomic mass is 16.5. The van der Waals surface area contributed by atoms with Crippen LogP contribution in [0.3, 0.4) is 0 Å². The Hall–Kier alpha value is -2.25. The molecule has 2 aliphatic rings. The summed E-state index contributed by atoms with van der Waals surface area (Å²) < 4.78 is 18.4. The predicted molar refractivity (Wildman–Crippen MR) is 97.1 cm³/mol. The van der Waals surface area contributed by atoms with Gasteiger partial charge in [-0.3, -0.25) is 9.59 Å². The molecule has 1 aromatic carbocycles. The lowest BCUT2D eigenvalue weighted by molar-refractivity contribution is -0.158. The van der Waals surface area contributed by atoms with E-state index < -0.39 is 11.9 Å². The van der Waals surface area contributed by atoms with Crippen molar-refractivity contribution in [2.75, 3.05) is 20.3 Å². The van der Waals surface area contributed by atoms with Gasteiger partial charge >= 0.3 is 5.97 Å². The Morgan fingerprint density at radius 3 is 2.85 bits per heavy atom. The Bertz CT molecular complexity index is 869. The Morgan fingerprint density at radius 2 is 2.15 bits per heavy atom. The van der Waals surface area contributed by atoms with Crippen molar-refractivity contribution < 1.29 is 23.8 Å². The van der Waals surface area contributed by atoms with E-state index in [1.54, 1.807) is 0 Å². The maximum atomic E-state index is 12.5. The molecule has 2 aliphatic heterocycles. The summed E-state index contributed by atoms with van der Waals surface area (Å²) in [6.45, 7) is 2.80. The van der Waals surface area contributed by atoms with E-state index in [1.807, 2.05) is 29.9 Å². The van der Waals surface area contributed by atoms with E-state index in [9.17, 15) is 9.59 Å². The van der Waals surface area contributed by atoms with Crippen LogP contribution in [-0.2, 0) is 23.8 Å². The first kappa shape index (κ1) is 18.1. The first-order valence-electron chi connectivity index (χ1n) is 9.40. The summed E-state index contributed by atoms with van der Waals surface area (Å²) in [7, 11) is 1.29. The monoisotopic (exact) mass is 372 g/mol. The van der Waals surface area contributed by atoms with Crippen molar-refractivity contribution in [2.45, 2.75) is 44.9 Å². The average Bonchev–Trinajstić information content (AvgIpc) is 3.12. The van der Waals surface area contributed by atoms with E-state index in [2.05, 4.69) is 5.10 Å². The summed E-state index contributed by atoms with van der Waals surface area (Å²) in [6.07, 6.45) is 4.70. The summed E-state index contributed by atoms with van der Waals surface area (Å²) in [6, 6.07) is 4.07. The zero-order valence-electron chi connectivity index (χ0n) is 15.6. The van der Waals surface area contributed by atoms with Gasteiger partial charge in [0, 0.05) is 18.4 Å². The number of carbonyl (C=O) groups excluding carboxylic acids is 2. The number of hydrogen-bond donors (Lipinski definition) is 0. The van der Waals surface area contributed by atoms with Gasteiger partial charge in [-0.05, 0) is 43.4 Å². The molecule has 3 unspecified atom stereocenters. The zero-order chi connectivity index (χ0) is 19.0. The van der Waals surface area contributed by atoms with Gasteiger partial charge < -0.3 is 14.2 Å². The van der Waals surface area contributed by atoms with Crippen molar-refractivity contribution in [3.8, 4) is 0 Å². The number of esters is 1. The van der Waals surface area contributed by atoms with Gasteiger partial charge in [0.25, 0.3) is 0 Å². The molecule has 0 radical (unpaired) electrons. The fraction of sp³-hybridized carbons (Fsp3) is 0.550. The number of carbonyl (C=O) groups is 2. The standard InChI is InChI=1S/C20H24N2O5/c1-12-6-7-15-13(10-21-22(15)18-5-3-4-8-26-18)19(12)17-9-16(23)14(11-27-17)20(24)25-2/h6-7,10,14,17-18H,3-5,8-9,11H2,1-2H3. The second kappa shape index (κ2) is 7.40. The van der Waals surface area contributed by atoms with Gasteiger partial charge in [0.2, 0.25) is 0 Å². The molecule has 1 aromatic heterocycles. The fourth-order valence-corrected chi connectivity index (χ4v) is 4.04. The Morgan fingerprint density at radius 1 is 1.30 bits per heavy atom. The van der Waals surface area contributed by atoms with Gasteiger partial charge in [-0.1, -0.05) is 6.07 Å². The van der Waals surface area contributed by atoms with Crippen LogP contribution in [-0.4, -0.2) is 41.9 Å². The van der Waals surface area contributed by atoms with Crippen LogP contribution in [0.5, 0.6) is 0 Å². The first-order valence-corrected chi connectivity index (χ1v) is 9.40. The van der Waals surface area contributed by atoms with E-state index in [4.69, 9.17) is 14.2 Å². The molecule has 3 heterocycles. The molecule has 7 heteroatoms. The van der Waals surface area contributed by atoms with Gasteiger partial charge in [-0.15, -0.1) is 0 Å². The van der Waals surface area contributed by atoms with E-state index in [0.29, 0.717) is 0 Å². The summed E-state index contributed by atoms with van der Waals surface area (Å²) in [5, 5.41) is 5.54. The van der Waals surface area contributed by atoms with Crippen LogP contribution in [0, 0.1) is 12.8 Å². The maximum Gasteiger partial charge on any atom is 0.318 e. The third kappa shape index (κ3) is 3.26. The zero-order valence-corrected chi connectivity index (χ0v) is 15.6. The summed E-state index contributed by atoms with van der Waals surface area (Å²) in [5.41, 5.74) is 2.99. The van der Waals surface area contributed by atoms with Crippen molar-refractivity contribution in [3.05, 3.63) is 29.5 Å². The average molecular weight is 372 g/mol. The number of fused-ring (bicyclic) bond motifs is 1. The lowest BCUT2D eigenvalue weighted by atomic mass is 9.90. The third-order valence-electron chi connectivity index (χ3n) is 5.52. The van der Waals surface area contributed by atoms with Crippen LogP contribution in [0.2, 0.25) is 0 Å². The van der Waals surface area contributed by atoms with Crippen LogP contribution < -0.4 is 0 Å². The number of nitrogens with zero attached hydrogens (tertiary/aromatic N) is 2.